The van der Waals surface area contributed by atoms with E-state index in [0.717, 1.165) is 60.5 Å². The summed E-state index contributed by atoms with van der Waals surface area (Å²) in [6, 6.07) is 18.3. The molecule has 178 valence electrons. The number of imidazole rings is 1. The van der Waals surface area contributed by atoms with E-state index in [-0.39, 0.29) is 0 Å². The van der Waals surface area contributed by atoms with Crippen molar-refractivity contribution < 1.29 is 4.74 Å². The standard InChI is InChI=1S/C29H31N5O/c1-5-23-25(6-2)33(28(7-3)31-23)21-16-22-24(17-21)32-34(26-10-8-9-11-27(26)35-4)29(22)20-14-12-19(18-30)13-15-20/h8-15,21H,5-7,16-17H2,1-4H3/t21-/m0/s1. The number of aryl methyl sites for hydroxylation is 2. The van der Waals surface area contributed by atoms with E-state index in [2.05, 4.69) is 31.4 Å². The zero-order valence-corrected chi connectivity index (χ0v) is 20.9. The number of fused-ring (bicyclic) bond motifs is 1. The molecule has 35 heavy (non-hydrogen) atoms. The summed E-state index contributed by atoms with van der Waals surface area (Å²) in [7, 11) is 1.69. The van der Waals surface area contributed by atoms with Gasteiger partial charge >= 0.3 is 0 Å². The lowest BCUT2D eigenvalue weighted by Gasteiger charge is -2.20. The SMILES string of the molecule is CCc1nc(CC)n([C@@H]2Cc3nn(-c4ccccc4OC)c(-c4ccc(C#N)cc4)c3C2)c1CC. The van der Waals surface area contributed by atoms with Gasteiger partial charge in [-0.1, -0.05) is 45.0 Å². The van der Waals surface area contributed by atoms with Crippen LogP contribution in [0.3, 0.4) is 0 Å². The average Bonchev–Trinajstić information content (AvgIpc) is 3.58. The second-order valence-electron chi connectivity index (χ2n) is 8.96. The summed E-state index contributed by atoms with van der Waals surface area (Å²) in [6.07, 6.45) is 4.63. The Bertz CT molecular complexity index is 1400. The highest BCUT2D eigenvalue weighted by molar-refractivity contribution is 5.70. The van der Waals surface area contributed by atoms with Crippen LogP contribution in [-0.2, 0) is 32.1 Å². The Balaban J connectivity index is 1.65. The summed E-state index contributed by atoms with van der Waals surface area (Å²) in [4.78, 5) is 4.99. The summed E-state index contributed by atoms with van der Waals surface area (Å²) < 4.78 is 10.2. The zero-order valence-electron chi connectivity index (χ0n) is 20.9. The number of hydrogen-bond acceptors (Lipinski definition) is 4. The largest absolute Gasteiger partial charge is 0.494 e. The van der Waals surface area contributed by atoms with Crippen molar-refractivity contribution in [3.8, 4) is 28.8 Å². The van der Waals surface area contributed by atoms with Gasteiger partial charge in [-0.25, -0.2) is 9.67 Å². The number of aromatic nitrogens is 4. The predicted octanol–water partition coefficient (Wildman–Crippen LogP) is 5.64. The molecule has 6 heteroatoms. The van der Waals surface area contributed by atoms with Gasteiger partial charge in [0.2, 0.25) is 0 Å². The molecule has 0 saturated heterocycles. The Hall–Kier alpha value is -3.85. The molecular formula is C29H31N5O. The maximum absolute atomic E-state index is 9.30. The van der Waals surface area contributed by atoms with Crippen LogP contribution in [0.1, 0.15) is 60.8 Å². The van der Waals surface area contributed by atoms with E-state index in [0.29, 0.717) is 11.6 Å². The fourth-order valence-corrected chi connectivity index (χ4v) is 5.47. The van der Waals surface area contributed by atoms with Crippen molar-refractivity contribution in [1.29, 1.82) is 5.26 Å². The summed E-state index contributed by atoms with van der Waals surface area (Å²) in [5, 5.41) is 14.4. The summed E-state index contributed by atoms with van der Waals surface area (Å²) >= 11 is 0. The monoisotopic (exact) mass is 465 g/mol. The number of methoxy groups -OCH3 is 1. The minimum atomic E-state index is 0.314. The molecule has 1 atom stereocenters. The van der Waals surface area contributed by atoms with Crippen LogP contribution in [0.5, 0.6) is 5.75 Å². The van der Waals surface area contributed by atoms with Gasteiger partial charge in [0.15, 0.2) is 0 Å². The smallest absolute Gasteiger partial charge is 0.144 e. The molecule has 2 heterocycles. The number of hydrogen-bond donors (Lipinski definition) is 0. The van der Waals surface area contributed by atoms with Crippen molar-refractivity contribution in [2.75, 3.05) is 7.11 Å². The Morgan fingerprint density at radius 2 is 1.77 bits per heavy atom. The van der Waals surface area contributed by atoms with Gasteiger partial charge in [-0.2, -0.15) is 10.4 Å². The van der Waals surface area contributed by atoms with Gasteiger partial charge in [-0.05, 0) is 43.5 Å². The number of rotatable bonds is 7. The Morgan fingerprint density at radius 1 is 1.00 bits per heavy atom. The number of nitrogens with zero attached hydrogens (tertiary/aromatic N) is 5. The Labute approximate surface area is 206 Å². The molecule has 2 aromatic carbocycles. The van der Waals surface area contributed by atoms with E-state index in [9.17, 15) is 5.26 Å². The predicted molar refractivity (Wildman–Crippen MR) is 137 cm³/mol. The van der Waals surface area contributed by atoms with Crippen LogP contribution >= 0.6 is 0 Å². The Morgan fingerprint density at radius 3 is 2.43 bits per heavy atom. The molecule has 0 fully saturated rings. The van der Waals surface area contributed by atoms with Crippen LogP contribution in [0, 0.1) is 11.3 Å². The molecule has 4 aromatic rings. The van der Waals surface area contributed by atoms with Crippen LogP contribution in [0.4, 0.5) is 0 Å². The molecule has 0 N–H and O–H groups in total. The molecule has 0 unspecified atom stereocenters. The third-order valence-electron chi connectivity index (χ3n) is 7.05. The van der Waals surface area contributed by atoms with Crippen molar-refractivity contribution in [1.82, 2.24) is 19.3 Å². The lowest BCUT2D eigenvalue weighted by atomic mass is 10.0. The van der Waals surface area contributed by atoms with Gasteiger partial charge in [-0.15, -0.1) is 0 Å². The molecule has 1 aliphatic carbocycles. The van der Waals surface area contributed by atoms with Crippen molar-refractivity contribution in [2.45, 2.75) is 58.9 Å². The van der Waals surface area contributed by atoms with Crippen LogP contribution < -0.4 is 4.74 Å². The number of benzene rings is 2. The second-order valence-corrected chi connectivity index (χ2v) is 8.96. The average molecular weight is 466 g/mol. The molecule has 1 aliphatic rings. The van der Waals surface area contributed by atoms with Crippen molar-refractivity contribution in [3.63, 3.8) is 0 Å². The molecule has 0 spiro atoms. The number of ether oxygens (including phenoxy) is 1. The van der Waals surface area contributed by atoms with Crippen LogP contribution in [0.2, 0.25) is 0 Å². The molecule has 6 nitrogen and oxygen atoms in total. The first-order valence-corrected chi connectivity index (χ1v) is 12.5. The van der Waals surface area contributed by atoms with Gasteiger partial charge in [0.05, 0.1) is 35.8 Å². The van der Waals surface area contributed by atoms with Crippen LogP contribution in [0.25, 0.3) is 16.9 Å². The quantitative estimate of drug-likeness (QED) is 0.354. The molecule has 2 aromatic heterocycles. The van der Waals surface area contributed by atoms with Gasteiger partial charge in [0, 0.05) is 35.7 Å². The highest BCUT2D eigenvalue weighted by Gasteiger charge is 2.34. The normalized spacial score (nSPS) is 14.7. The molecule has 0 radical (unpaired) electrons. The van der Waals surface area contributed by atoms with E-state index in [4.69, 9.17) is 14.8 Å². The fraction of sp³-hybridized carbons (Fsp3) is 0.345. The van der Waals surface area contributed by atoms with E-state index < -0.39 is 0 Å². The highest BCUT2D eigenvalue weighted by atomic mass is 16.5. The maximum atomic E-state index is 9.30. The molecule has 5 rings (SSSR count). The first-order chi connectivity index (χ1) is 17.1. The van der Waals surface area contributed by atoms with Crippen molar-refractivity contribution in [3.05, 3.63) is 82.6 Å². The van der Waals surface area contributed by atoms with Gasteiger partial charge < -0.3 is 9.30 Å². The van der Waals surface area contributed by atoms with Gasteiger partial charge in [0.25, 0.3) is 0 Å². The molecule has 0 bridgehead atoms. The minimum absolute atomic E-state index is 0.314. The minimum Gasteiger partial charge on any atom is -0.494 e. The van der Waals surface area contributed by atoms with Gasteiger partial charge in [0.1, 0.15) is 17.3 Å². The van der Waals surface area contributed by atoms with Gasteiger partial charge in [-0.3, -0.25) is 0 Å². The summed E-state index contributed by atoms with van der Waals surface area (Å²) in [5.41, 5.74) is 8.66. The molecule has 0 amide bonds. The third-order valence-corrected chi connectivity index (χ3v) is 7.05. The number of nitriles is 1. The summed E-state index contributed by atoms with van der Waals surface area (Å²) in [6.45, 7) is 6.61. The van der Waals surface area contributed by atoms with E-state index in [1.807, 2.05) is 53.2 Å². The fourth-order valence-electron chi connectivity index (χ4n) is 5.47. The van der Waals surface area contributed by atoms with Crippen LogP contribution in [-0.4, -0.2) is 26.4 Å². The lowest BCUT2D eigenvalue weighted by Crippen LogP contribution is -2.16. The topological polar surface area (TPSA) is 68.7 Å². The van der Waals surface area contributed by atoms with E-state index in [1.54, 1.807) is 7.11 Å². The lowest BCUT2D eigenvalue weighted by molar-refractivity contribution is 0.411. The van der Waals surface area contributed by atoms with Crippen molar-refractivity contribution >= 4 is 0 Å². The second kappa shape index (κ2) is 9.42. The molecule has 0 saturated carbocycles. The number of para-hydroxylation sites is 2. The maximum Gasteiger partial charge on any atom is 0.144 e. The Kier molecular flexibility index (Phi) is 6.17. The first-order valence-electron chi connectivity index (χ1n) is 12.5. The molecule has 0 aliphatic heterocycles. The molecular weight excluding hydrogens is 434 g/mol. The van der Waals surface area contributed by atoms with E-state index >= 15 is 0 Å². The van der Waals surface area contributed by atoms with E-state index in [1.165, 1.54) is 22.8 Å². The van der Waals surface area contributed by atoms with Crippen LogP contribution in [0.15, 0.2) is 48.5 Å². The van der Waals surface area contributed by atoms with Crippen molar-refractivity contribution in [2.24, 2.45) is 0 Å². The zero-order chi connectivity index (χ0) is 24.5. The third kappa shape index (κ3) is 3.81. The summed E-state index contributed by atoms with van der Waals surface area (Å²) in [5.74, 6) is 1.95. The first kappa shape index (κ1) is 22.9. The highest BCUT2D eigenvalue weighted by Crippen LogP contribution is 2.41.